The van der Waals surface area contributed by atoms with E-state index in [1.54, 1.807) is 32.8 Å². The molecule has 0 bridgehead atoms. The highest BCUT2D eigenvalue weighted by Crippen LogP contribution is 2.26. The van der Waals surface area contributed by atoms with Gasteiger partial charge in [0.2, 0.25) is 0 Å². The highest BCUT2D eigenvalue weighted by atomic mass is 32.1. The molecular weight excluding hydrogens is 322 g/mol. The van der Waals surface area contributed by atoms with Crippen molar-refractivity contribution < 1.29 is 0 Å². The van der Waals surface area contributed by atoms with Crippen LogP contribution in [0, 0.1) is 6.92 Å². The number of pyridine rings is 1. The highest BCUT2D eigenvalue weighted by molar-refractivity contribution is 7.18. The maximum Gasteiger partial charge on any atom is 0.251 e. The van der Waals surface area contributed by atoms with Crippen molar-refractivity contribution in [2.75, 3.05) is 0 Å². The molecule has 0 spiro atoms. The summed E-state index contributed by atoms with van der Waals surface area (Å²) in [6.07, 6.45) is 3.29. The van der Waals surface area contributed by atoms with Crippen molar-refractivity contribution in [2.24, 2.45) is 0 Å². The van der Waals surface area contributed by atoms with Crippen LogP contribution in [-0.2, 0) is 6.54 Å². The molecule has 0 N–H and O–H groups in total. The number of rotatable bonds is 3. The van der Waals surface area contributed by atoms with Crippen LogP contribution >= 0.6 is 11.3 Å². The molecule has 3 heterocycles. The molecular formula is C17H15N5OS. The first kappa shape index (κ1) is 14.8. The van der Waals surface area contributed by atoms with E-state index in [0.717, 1.165) is 26.5 Å². The third-order valence-corrected chi connectivity index (χ3v) is 4.80. The predicted octanol–water partition coefficient (Wildman–Crippen LogP) is 3.03. The maximum atomic E-state index is 12.1. The molecule has 7 heteroatoms. The van der Waals surface area contributed by atoms with Gasteiger partial charge in [0.25, 0.3) is 5.56 Å². The number of benzene rings is 1. The van der Waals surface area contributed by atoms with Crippen molar-refractivity contribution in [3.8, 4) is 17.1 Å². The topological polar surface area (TPSA) is 65.6 Å². The quantitative estimate of drug-likeness (QED) is 0.576. The standard InChI is InChI=1S/C17H15N5OS/c1-3-21-7-6-12(8-16(21)23)17-18-10-19-22(17)13-4-5-14-15(9-13)24-11(2)20-14/h4-10H,3H2,1-2H3. The molecule has 120 valence electrons. The van der Waals surface area contributed by atoms with Crippen molar-refractivity contribution >= 4 is 21.6 Å². The first-order chi connectivity index (χ1) is 11.7. The molecule has 4 aromatic rings. The highest BCUT2D eigenvalue weighted by Gasteiger charge is 2.12. The molecule has 0 saturated heterocycles. The fraction of sp³-hybridized carbons (Fsp3) is 0.176. The normalized spacial score (nSPS) is 11.2. The van der Waals surface area contributed by atoms with E-state index in [2.05, 4.69) is 15.1 Å². The second-order valence-corrected chi connectivity index (χ2v) is 6.65. The summed E-state index contributed by atoms with van der Waals surface area (Å²) in [7, 11) is 0. The van der Waals surface area contributed by atoms with Gasteiger partial charge in [-0.2, -0.15) is 5.10 Å². The van der Waals surface area contributed by atoms with Gasteiger partial charge >= 0.3 is 0 Å². The van der Waals surface area contributed by atoms with E-state index < -0.39 is 0 Å². The van der Waals surface area contributed by atoms with Gasteiger partial charge in [-0.3, -0.25) is 4.79 Å². The first-order valence-corrected chi connectivity index (χ1v) is 8.46. The Hall–Kier alpha value is -2.80. The number of nitrogens with zero attached hydrogens (tertiary/aromatic N) is 5. The number of fused-ring (bicyclic) bond motifs is 1. The van der Waals surface area contributed by atoms with Gasteiger partial charge in [-0.05, 0) is 38.1 Å². The Morgan fingerprint density at radius 3 is 2.88 bits per heavy atom. The molecule has 0 aliphatic rings. The van der Waals surface area contributed by atoms with Gasteiger partial charge in [-0.1, -0.05) is 0 Å². The van der Waals surface area contributed by atoms with Gasteiger partial charge in [0.15, 0.2) is 5.82 Å². The van der Waals surface area contributed by atoms with Gasteiger partial charge in [-0.15, -0.1) is 11.3 Å². The second kappa shape index (κ2) is 5.68. The Bertz CT molecular complexity index is 1090. The SMILES string of the molecule is CCn1ccc(-c2ncnn2-c2ccc3nc(C)sc3c2)cc1=O. The Morgan fingerprint density at radius 2 is 2.08 bits per heavy atom. The Morgan fingerprint density at radius 1 is 1.21 bits per heavy atom. The van der Waals surface area contributed by atoms with E-state index >= 15 is 0 Å². The summed E-state index contributed by atoms with van der Waals surface area (Å²) in [6.45, 7) is 4.58. The summed E-state index contributed by atoms with van der Waals surface area (Å²) in [4.78, 5) is 20.9. The van der Waals surface area contributed by atoms with Crippen molar-refractivity contribution in [3.05, 3.63) is 58.2 Å². The maximum absolute atomic E-state index is 12.1. The lowest BCUT2D eigenvalue weighted by molar-refractivity contribution is 0.727. The minimum absolute atomic E-state index is 0.0434. The van der Waals surface area contributed by atoms with Crippen LogP contribution in [-0.4, -0.2) is 24.3 Å². The van der Waals surface area contributed by atoms with Crippen LogP contribution in [0.4, 0.5) is 0 Å². The summed E-state index contributed by atoms with van der Waals surface area (Å²) in [5.41, 5.74) is 2.59. The third kappa shape index (κ3) is 2.43. The lowest BCUT2D eigenvalue weighted by Crippen LogP contribution is -2.17. The molecule has 3 aromatic heterocycles. The van der Waals surface area contributed by atoms with Gasteiger partial charge in [0, 0.05) is 24.4 Å². The van der Waals surface area contributed by atoms with Crippen LogP contribution in [0.15, 0.2) is 47.7 Å². The van der Waals surface area contributed by atoms with Crippen molar-refractivity contribution in [3.63, 3.8) is 0 Å². The fourth-order valence-corrected chi connectivity index (χ4v) is 3.56. The van der Waals surface area contributed by atoms with E-state index in [1.807, 2.05) is 38.1 Å². The zero-order valence-corrected chi connectivity index (χ0v) is 14.1. The van der Waals surface area contributed by atoms with Crippen LogP contribution in [0.5, 0.6) is 0 Å². The molecule has 1 aromatic carbocycles. The minimum Gasteiger partial charge on any atom is -0.316 e. The lowest BCUT2D eigenvalue weighted by Gasteiger charge is -2.07. The smallest absolute Gasteiger partial charge is 0.251 e. The number of aryl methyl sites for hydroxylation is 2. The Kier molecular flexibility index (Phi) is 3.50. The van der Waals surface area contributed by atoms with E-state index in [0.29, 0.717) is 12.4 Å². The fourth-order valence-electron chi connectivity index (χ4n) is 2.70. The van der Waals surface area contributed by atoms with Crippen LogP contribution < -0.4 is 5.56 Å². The predicted molar refractivity (Wildman–Crippen MR) is 94.6 cm³/mol. The van der Waals surface area contributed by atoms with Gasteiger partial charge < -0.3 is 4.57 Å². The summed E-state index contributed by atoms with van der Waals surface area (Å²) >= 11 is 1.65. The molecule has 0 aliphatic carbocycles. The van der Waals surface area contributed by atoms with Crippen molar-refractivity contribution in [1.29, 1.82) is 0 Å². The molecule has 0 saturated carbocycles. The average molecular weight is 337 g/mol. The van der Waals surface area contributed by atoms with Crippen LogP contribution in [0.1, 0.15) is 11.9 Å². The molecule has 0 aliphatic heterocycles. The van der Waals surface area contributed by atoms with Crippen LogP contribution in [0.2, 0.25) is 0 Å². The van der Waals surface area contributed by atoms with Crippen LogP contribution in [0.3, 0.4) is 0 Å². The first-order valence-electron chi connectivity index (χ1n) is 7.64. The summed E-state index contributed by atoms with van der Waals surface area (Å²) < 4.78 is 4.50. The molecule has 0 fully saturated rings. The minimum atomic E-state index is -0.0434. The van der Waals surface area contributed by atoms with Gasteiger partial charge in [0.1, 0.15) is 6.33 Å². The van der Waals surface area contributed by atoms with E-state index in [4.69, 9.17) is 0 Å². The summed E-state index contributed by atoms with van der Waals surface area (Å²) in [5.74, 6) is 0.649. The molecule has 0 unspecified atom stereocenters. The monoisotopic (exact) mass is 337 g/mol. The molecule has 0 radical (unpaired) electrons. The average Bonchev–Trinajstić information content (AvgIpc) is 3.19. The number of hydrogen-bond donors (Lipinski definition) is 0. The molecule has 24 heavy (non-hydrogen) atoms. The molecule has 0 atom stereocenters. The van der Waals surface area contributed by atoms with Crippen molar-refractivity contribution in [2.45, 2.75) is 20.4 Å². The largest absolute Gasteiger partial charge is 0.316 e. The molecule has 0 amide bonds. The third-order valence-electron chi connectivity index (χ3n) is 3.87. The Balaban J connectivity index is 1.84. The van der Waals surface area contributed by atoms with Gasteiger partial charge in [-0.25, -0.2) is 14.6 Å². The summed E-state index contributed by atoms with van der Waals surface area (Å²) in [5, 5.41) is 5.36. The van der Waals surface area contributed by atoms with E-state index in [-0.39, 0.29) is 5.56 Å². The van der Waals surface area contributed by atoms with E-state index in [9.17, 15) is 4.79 Å². The van der Waals surface area contributed by atoms with E-state index in [1.165, 1.54) is 6.33 Å². The molecule has 4 rings (SSSR count). The zero-order valence-electron chi connectivity index (χ0n) is 13.3. The van der Waals surface area contributed by atoms with Crippen LogP contribution in [0.25, 0.3) is 27.3 Å². The van der Waals surface area contributed by atoms with Crippen molar-refractivity contribution in [1.82, 2.24) is 24.3 Å². The number of aromatic nitrogens is 5. The second-order valence-electron chi connectivity index (χ2n) is 5.42. The number of hydrogen-bond acceptors (Lipinski definition) is 5. The molecule has 6 nitrogen and oxygen atoms in total. The zero-order chi connectivity index (χ0) is 16.7. The van der Waals surface area contributed by atoms with Gasteiger partial charge in [0.05, 0.1) is 20.9 Å². The summed E-state index contributed by atoms with van der Waals surface area (Å²) in [6, 6.07) is 9.48. The lowest BCUT2D eigenvalue weighted by atomic mass is 10.2. The Labute approximate surface area is 142 Å². The number of thiazole rings is 1.